The third-order valence-corrected chi connectivity index (χ3v) is 2.39. The molecular weight excluding hydrogens is 124 g/mol. The number of aliphatic hydroxyl groups excluding tert-OH is 1. The highest BCUT2D eigenvalue weighted by molar-refractivity contribution is 4.76. The molecule has 0 amide bonds. The first-order valence-corrected chi connectivity index (χ1v) is 4.38. The summed E-state index contributed by atoms with van der Waals surface area (Å²) in [5, 5.41) is 9.44. The first-order valence-electron chi connectivity index (χ1n) is 4.38. The fourth-order valence-corrected chi connectivity index (χ4v) is 1.90. The maximum atomic E-state index is 9.44. The van der Waals surface area contributed by atoms with Gasteiger partial charge in [-0.25, -0.2) is 0 Å². The highest BCUT2D eigenvalue weighted by Crippen LogP contribution is 2.30. The zero-order valence-corrected chi connectivity index (χ0v) is 7.01. The molecule has 1 heteroatoms. The highest BCUT2D eigenvalue weighted by Gasteiger charge is 2.25. The second-order valence-corrected chi connectivity index (χ2v) is 3.89. The maximum absolute atomic E-state index is 9.44. The molecule has 1 fully saturated rings. The van der Waals surface area contributed by atoms with E-state index in [1.807, 2.05) is 0 Å². The van der Waals surface area contributed by atoms with Gasteiger partial charge in [-0.15, -0.1) is 0 Å². The second kappa shape index (κ2) is 3.38. The Hall–Kier alpha value is -0.0400. The number of hydrogen-bond acceptors (Lipinski definition) is 1. The van der Waals surface area contributed by atoms with Crippen LogP contribution < -0.4 is 0 Å². The lowest BCUT2D eigenvalue weighted by molar-refractivity contribution is 0.120. The van der Waals surface area contributed by atoms with Gasteiger partial charge in [0, 0.05) is 0 Å². The molecule has 0 saturated heterocycles. The molecule has 0 heterocycles. The molecule has 1 N–H and O–H groups in total. The standard InChI is InChI=1S/C9H18O/c1-7(2)6-8-4-3-5-9(8)10/h7-10H,3-6H2,1-2H3. The summed E-state index contributed by atoms with van der Waals surface area (Å²) in [7, 11) is 0. The molecule has 0 radical (unpaired) electrons. The number of rotatable bonds is 2. The summed E-state index contributed by atoms with van der Waals surface area (Å²) >= 11 is 0. The van der Waals surface area contributed by atoms with Crippen LogP contribution in [0.4, 0.5) is 0 Å². The van der Waals surface area contributed by atoms with Gasteiger partial charge in [-0.2, -0.15) is 0 Å². The van der Waals surface area contributed by atoms with E-state index in [1.165, 1.54) is 19.3 Å². The molecule has 10 heavy (non-hydrogen) atoms. The third-order valence-electron chi connectivity index (χ3n) is 2.39. The zero-order valence-electron chi connectivity index (χ0n) is 7.01. The number of aliphatic hydroxyl groups is 1. The van der Waals surface area contributed by atoms with Gasteiger partial charge in [0.2, 0.25) is 0 Å². The Morgan fingerprint density at radius 2 is 2.10 bits per heavy atom. The third kappa shape index (κ3) is 1.98. The van der Waals surface area contributed by atoms with Crippen molar-refractivity contribution in [2.75, 3.05) is 0 Å². The fourth-order valence-electron chi connectivity index (χ4n) is 1.90. The molecule has 1 rings (SSSR count). The van der Waals surface area contributed by atoms with Crippen molar-refractivity contribution < 1.29 is 5.11 Å². The van der Waals surface area contributed by atoms with Crippen LogP contribution in [0.1, 0.15) is 39.5 Å². The topological polar surface area (TPSA) is 20.2 Å². The lowest BCUT2D eigenvalue weighted by Gasteiger charge is -2.15. The summed E-state index contributed by atoms with van der Waals surface area (Å²) in [5.74, 6) is 1.36. The van der Waals surface area contributed by atoms with E-state index in [1.54, 1.807) is 0 Å². The minimum absolute atomic E-state index is 0.0161. The Kier molecular flexibility index (Phi) is 2.72. The molecule has 0 bridgehead atoms. The molecule has 0 aromatic heterocycles. The average Bonchev–Trinajstić information content (AvgIpc) is 2.15. The van der Waals surface area contributed by atoms with Crippen molar-refractivity contribution in [1.82, 2.24) is 0 Å². The Bertz CT molecular complexity index is 98.9. The molecule has 0 aliphatic heterocycles. The van der Waals surface area contributed by atoms with Crippen LogP contribution in [0.3, 0.4) is 0 Å². The van der Waals surface area contributed by atoms with Gasteiger partial charge in [0.05, 0.1) is 6.10 Å². The van der Waals surface area contributed by atoms with Gasteiger partial charge < -0.3 is 5.11 Å². The van der Waals surface area contributed by atoms with Crippen molar-refractivity contribution in [3.05, 3.63) is 0 Å². The molecule has 1 aliphatic rings. The monoisotopic (exact) mass is 142 g/mol. The maximum Gasteiger partial charge on any atom is 0.0568 e. The predicted molar refractivity (Wildman–Crippen MR) is 42.8 cm³/mol. The van der Waals surface area contributed by atoms with Crippen molar-refractivity contribution >= 4 is 0 Å². The largest absolute Gasteiger partial charge is 0.393 e. The van der Waals surface area contributed by atoms with Gasteiger partial charge in [-0.1, -0.05) is 20.3 Å². The van der Waals surface area contributed by atoms with Gasteiger partial charge in [0.1, 0.15) is 0 Å². The quantitative estimate of drug-likeness (QED) is 0.626. The molecular formula is C9H18O. The van der Waals surface area contributed by atoms with Gasteiger partial charge in [-0.05, 0) is 31.1 Å². The molecule has 60 valence electrons. The van der Waals surface area contributed by atoms with Crippen LogP contribution in [-0.4, -0.2) is 11.2 Å². The van der Waals surface area contributed by atoms with Crippen LogP contribution in [0.2, 0.25) is 0 Å². The van der Waals surface area contributed by atoms with E-state index < -0.39 is 0 Å². The molecule has 0 aromatic carbocycles. The second-order valence-electron chi connectivity index (χ2n) is 3.89. The summed E-state index contributed by atoms with van der Waals surface area (Å²) < 4.78 is 0. The van der Waals surface area contributed by atoms with E-state index in [0.29, 0.717) is 5.92 Å². The lowest BCUT2D eigenvalue weighted by atomic mass is 9.94. The van der Waals surface area contributed by atoms with Gasteiger partial charge >= 0.3 is 0 Å². The van der Waals surface area contributed by atoms with Crippen molar-refractivity contribution in [3.63, 3.8) is 0 Å². The Balaban J connectivity index is 2.26. The van der Waals surface area contributed by atoms with Gasteiger partial charge in [0.25, 0.3) is 0 Å². The van der Waals surface area contributed by atoms with Crippen molar-refractivity contribution in [3.8, 4) is 0 Å². The number of hydrogen-bond donors (Lipinski definition) is 1. The van der Waals surface area contributed by atoms with E-state index >= 15 is 0 Å². The summed E-state index contributed by atoms with van der Waals surface area (Å²) in [6.45, 7) is 4.45. The van der Waals surface area contributed by atoms with Crippen LogP contribution in [0.5, 0.6) is 0 Å². The zero-order chi connectivity index (χ0) is 7.56. The van der Waals surface area contributed by atoms with Gasteiger partial charge in [-0.3, -0.25) is 0 Å². The van der Waals surface area contributed by atoms with Crippen LogP contribution in [-0.2, 0) is 0 Å². The Labute approximate surface area is 63.4 Å². The van der Waals surface area contributed by atoms with E-state index in [2.05, 4.69) is 13.8 Å². The Morgan fingerprint density at radius 3 is 2.50 bits per heavy atom. The van der Waals surface area contributed by atoms with E-state index in [0.717, 1.165) is 12.3 Å². The lowest BCUT2D eigenvalue weighted by Crippen LogP contribution is -2.14. The summed E-state index contributed by atoms with van der Waals surface area (Å²) in [5.41, 5.74) is 0. The summed E-state index contributed by atoms with van der Waals surface area (Å²) in [4.78, 5) is 0. The van der Waals surface area contributed by atoms with Crippen molar-refractivity contribution in [2.45, 2.75) is 45.6 Å². The van der Waals surface area contributed by atoms with E-state index in [4.69, 9.17) is 0 Å². The smallest absolute Gasteiger partial charge is 0.0568 e. The van der Waals surface area contributed by atoms with Crippen LogP contribution in [0.25, 0.3) is 0 Å². The summed E-state index contributed by atoms with van der Waals surface area (Å²) in [6.07, 6.45) is 4.75. The van der Waals surface area contributed by atoms with Crippen LogP contribution in [0.15, 0.2) is 0 Å². The van der Waals surface area contributed by atoms with Gasteiger partial charge in [0.15, 0.2) is 0 Å². The normalized spacial score (nSPS) is 33.6. The van der Waals surface area contributed by atoms with Crippen LogP contribution >= 0.6 is 0 Å². The van der Waals surface area contributed by atoms with Crippen molar-refractivity contribution in [1.29, 1.82) is 0 Å². The van der Waals surface area contributed by atoms with E-state index in [9.17, 15) is 5.11 Å². The van der Waals surface area contributed by atoms with Crippen LogP contribution in [0, 0.1) is 11.8 Å². The highest BCUT2D eigenvalue weighted by atomic mass is 16.3. The fraction of sp³-hybridized carbons (Fsp3) is 1.00. The Morgan fingerprint density at radius 1 is 1.40 bits per heavy atom. The SMILES string of the molecule is CC(C)CC1CCCC1O. The molecule has 1 saturated carbocycles. The molecule has 0 aromatic rings. The average molecular weight is 142 g/mol. The molecule has 1 aliphatic carbocycles. The first kappa shape index (κ1) is 8.06. The van der Waals surface area contributed by atoms with E-state index in [-0.39, 0.29) is 6.10 Å². The predicted octanol–water partition coefficient (Wildman–Crippen LogP) is 2.19. The summed E-state index contributed by atoms with van der Waals surface area (Å²) in [6, 6.07) is 0. The minimum Gasteiger partial charge on any atom is -0.393 e. The molecule has 1 nitrogen and oxygen atoms in total. The molecule has 2 atom stereocenters. The molecule has 2 unspecified atom stereocenters. The minimum atomic E-state index is 0.0161. The molecule has 0 spiro atoms. The first-order chi connectivity index (χ1) is 4.70. The van der Waals surface area contributed by atoms with Crippen molar-refractivity contribution in [2.24, 2.45) is 11.8 Å².